The Kier molecular flexibility index (Phi) is 5.24. The van der Waals surface area contributed by atoms with E-state index < -0.39 is 5.72 Å². The summed E-state index contributed by atoms with van der Waals surface area (Å²) in [5, 5.41) is 0. The average Bonchev–Trinajstić information content (AvgIpc) is 3.50. The highest BCUT2D eigenvalue weighted by atomic mass is 16.7. The molecule has 0 aromatic heterocycles. The molecule has 5 rings (SSSR count). The van der Waals surface area contributed by atoms with E-state index in [4.69, 9.17) is 28.4 Å². The molecule has 0 radical (unpaired) electrons. The van der Waals surface area contributed by atoms with E-state index in [0.29, 0.717) is 5.75 Å². The minimum absolute atomic E-state index is 0.0466. The quantitative estimate of drug-likeness (QED) is 0.681. The lowest BCUT2D eigenvalue weighted by Gasteiger charge is -2.50. The van der Waals surface area contributed by atoms with Gasteiger partial charge >= 0.3 is 0 Å². The minimum Gasteiger partial charge on any atom is -0.496 e. The highest BCUT2D eigenvalue weighted by Gasteiger charge is 2.51. The normalized spacial score (nSPS) is 26.4. The van der Waals surface area contributed by atoms with Crippen LogP contribution in [0.5, 0.6) is 34.5 Å². The van der Waals surface area contributed by atoms with Crippen molar-refractivity contribution < 1.29 is 28.4 Å². The van der Waals surface area contributed by atoms with Crippen LogP contribution >= 0.6 is 0 Å². The summed E-state index contributed by atoms with van der Waals surface area (Å²) in [5.41, 5.74) is 1.54. The number of hydrogen-bond acceptors (Lipinski definition) is 7. The van der Waals surface area contributed by atoms with Gasteiger partial charge in [0, 0.05) is 54.3 Å². The van der Waals surface area contributed by atoms with Crippen molar-refractivity contribution in [2.24, 2.45) is 5.92 Å². The second-order valence-corrected chi connectivity index (χ2v) is 8.81. The molecule has 172 valence electrons. The summed E-state index contributed by atoms with van der Waals surface area (Å²) >= 11 is 0. The Morgan fingerprint density at radius 1 is 0.875 bits per heavy atom. The van der Waals surface area contributed by atoms with Gasteiger partial charge in [0.15, 0.2) is 17.2 Å². The van der Waals surface area contributed by atoms with Crippen LogP contribution in [-0.2, 0) is 0 Å². The van der Waals surface area contributed by atoms with E-state index in [1.807, 2.05) is 24.3 Å². The summed E-state index contributed by atoms with van der Waals surface area (Å²) < 4.78 is 35.4. The molecule has 7 heteroatoms. The van der Waals surface area contributed by atoms with E-state index in [-0.39, 0.29) is 18.6 Å². The monoisotopic (exact) mass is 441 g/mol. The summed E-state index contributed by atoms with van der Waals surface area (Å²) in [6.45, 7) is 6.71. The fraction of sp³-hybridized carbons (Fsp3) is 0.520. The molecule has 0 aliphatic carbocycles. The van der Waals surface area contributed by atoms with Gasteiger partial charge in [-0.25, -0.2) is 0 Å². The molecule has 3 heterocycles. The van der Waals surface area contributed by atoms with Crippen LogP contribution in [0, 0.1) is 5.92 Å². The van der Waals surface area contributed by atoms with Crippen LogP contribution in [0.2, 0.25) is 0 Å². The smallest absolute Gasteiger partial charge is 0.231 e. The Labute approximate surface area is 189 Å². The van der Waals surface area contributed by atoms with Crippen molar-refractivity contribution in [1.82, 2.24) is 4.90 Å². The molecule has 7 nitrogen and oxygen atoms in total. The van der Waals surface area contributed by atoms with Crippen molar-refractivity contribution in [3.05, 3.63) is 35.4 Å². The predicted molar refractivity (Wildman–Crippen MR) is 120 cm³/mol. The lowest BCUT2D eigenvalue weighted by molar-refractivity contribution is -0.114. The van der Waals surface area contributed by atoms with Gasteiger partial charge in [-0.2, -0.15) is 0 Å². The maximum atomic E-state index is 6.77. The van der Waals surface area contributed by atoms with Gasteiger partial charge < -0.3 is 28.4 Å². The molecule has 0 spiro atoms. The van der Waals surface area contributed by atoms with E-state index >= 15 is 0 Å². The van der Waals surface area contributed by atoms with Crippen LogP contribution in [0.15, 0.2) is 24.3 Å². The Hall–Kier alpha value is -2.80. The zero-order valence-electron chi connectivity index (χ0n) is 19.4. The van der Waals surface area contributed by atoms with Gasteiger partial charge in [0.2, 0.25) is 6.79 Å². The van der Waals surface area contributed by atoms with Crippen molar-refractivity contribution in [2.75, 3.05) is 41.2 Å². The molecular formula is C25H31NO6. The number of rotatable bonds is 5. The van der Waals surface area contributed by atoms with Crippen LogP contribution in [0.3, 0.4) is 0 Å². The Bertz CT molecular complexity index is 993. The van der Waals surface area contributed by atoms with Gasteiger partial charge in [0.25, 0.3) is 0 Å². The van der Waals surface area contributed by atoms with Gasteiger partial charge in [-0.15, -0.1) is 0 Å². The molecule has 0 bridgehead atoms. The predicted octanol–water partition coefficient (Wildman–Crippen LogP) is 4.41. The zero-order valence-corrected chi connectivity index (χ0v) is 19.4. The second kappa shape index (κ2) is 7.96. The number of fused-ring (bicyclic) bond motifs is 2. The van der Waals surface area contributed by atoms with E-state index in [1.54, 1.807) is 21.3 Å². The molecule has 32 heavy (non-hydrogen) atoms. The molecule has 3 aliphatic heterocycles. The molecule has 0 amide bonds. The van der Waals surface area contributed by atoms with Gasteiger partial charge in [-0.05, 0) is 25.8 Å². The fourth-order valence-electron chi connectivity index (χ4n) is 5.42. The maximum absolute atomic E-state index is 6.77. The van der Waals surface area contributed by atoms with Crippen LogP contribution in [0.4, 0.5) is 0 Å². The molecular weight excluding hydrogens is 410 g/mol. The van der Waals surface area contributed by atoms with Crippen LogP contribution < -0.4 is 28.4 Å². The van der Waals surface area contributed by atoms with Crippen LogP contribution in [0.25, 0.3) is 0 Å². The van der Waals surface area contributed by atoms with Crippen molar-refractivity contribution >= 4 is 0 Å². The van der Waals surface area contributed by atoms with Crippen molar-refractivity contribution in [3.8, 4) is 34.5 Å². The van der Waals surface area contributed by atoms with Crippen LogP contribution in [-0.4, -0.2) is 51.8 Å². The minimum atomic E-state index is -0.488. The standard InChI is InChI=1S/C25H31NO6/c1-15-23(24-21(28-4)10-16(27-3)11-22(24)29-5)17-12-19-20(31-14-30-19)13-18(17)32-25(15,2)26-8-6-7-9-26/h10-13,15,23H,6-9,14H2,1-5H3/t15-,23+,25+/m0/s1. The summed E-state index contributed by atoms with van der Waals surface area (Å²) in [6.07, 6.45) is 2.36. The summed E-state index contributed by atoms with van der Waals surface area (Å²) in [5.74, 6) is 4.47. The Balaban J connectivity index is 1.74. The molecule has 0 saturated carbocycles. The SMILES string of the molecule is COc1cc(OC)c([C@H]2c3cc4c(cc3O[C@@](C)(N3CCCC3)[C@H]2C)OCO4)c(OC)c1. The maximum Gasteiger partial charge on any atom is 0.231 e. The lowest BCUT2D eigenvalue weighted by Crippen LogP contribution is -2.57. The molecule has 1 saturated heterocycles. The highest BCUT2D eigenvalue weighted by Crippen LogP contribution is 2.56. The van der Waals surface area contributed by atoms with Gasteiger partial charge in [0.05, 0.1) is 21.3 Å². The number of likely N-dealkylation sites (tertiary alicyclic amines) is 1. The number of ether oxygens (including phenoxy) is 6. The average molecular weight is 442 g/mol. The highest BCUT2D eigenvalue weighted by molar-refractivity contribution is 5.61. The summed E-state index contributed by atoms with van der Waals surface area (Å²) in [6, 6.07) is 7.85. The topological polar surface area (TPSA) is 58.6 Å². The van der Waals surface area contributed by atoms with E-state index in [9.17, 15) is 0 Å². The first-order chi connectivity index (χ1) is 15.5. The van der Waals surface area contributed by atoms with Crippen molar-refractivity contribution in [1.29, 1.82) is 0 Å². The third-order valence-corrected chi connectivity index (χ3v) is 7.30. The molecule has 1 fully saturated rings. The first kappa shape index (κ1) is 21.1. The zero-order chi connectivity index (χ0) is 22.5. The number of nitrogens with zero attached hydrogens (tertiary/aromatic N) is 1. The van der Waals surface area contributed by atoms with Gasteiger partial charge in [-0.1, -0.05) is 6.92 Å². The van der Waals surface area contributed by atoms with E-state index in [1.165, 1.54) is 12.8 Å². The molecule has 3 aliphatic rings. The number of benzene rings is 2. The van der Waals surface area contributed by atoms with Crippen molar-refractivity contribution in [3.63, 3.8) is 0 Å². The van der Waals surface area contributed by atoms with Crippen LogP contribution in [0.1, 0.15) is 43.7 Å². The molecule has 2 aromatic rings. The first-order valence-electron chi connectivity index (χ1n) is 11.2. The van der Waals surface area contributed by atoms with Gasteiger partial charge in [0.1, 0.15) is 23.0 Å². The molecule has 3 atom stereocenters. The first-order valence-corrected chi connectivity index (χ1v) is 11.2. The summed E-state index contributed by atoms with van der Waals surface area (Å²) in [4.78, 5) is 2.46. The number of methoxy groups -OCH3 is 3. The Morgan fingerprint density at radius 2 is 1.50 bits per heavy atom. The third kappa shape index (κ3) is 3.13. The second-order valence-electron chi connectivity index (χ2n) is 8.81. The fourth-order valence-corrected chi connectivity index (χ4v) is 5.42. The lowest BCUT2D eigenvalue weighted by atomic mass is 9.73. The van der Waals surface area contributed by atoms with E-state index in [2.05, 4.69) is 18.7 Å². The van der Waals surface area contributed by atoms with Gasteiger partial charge in [-0.3, -0.25) is 4.90 Å². The van der Waals surface area contributed by atoms with E-state index in [0.717, 1.165) is 53.0 Å². The Morgan fingerprint density at radius 3 is 2.09 bits per heavy atom. The number of hydrogen-bond donors (Lipinski definition) is 0. The summed E-state index contributed by atoms with van der Waals surface area (Å²) in [7, 11) is 5.01. The molecule has 0 N–H and O–H groups in total. The largest absolute Gasteiger partial charge is 0.496 e. The third-order valence-electron chi connectivity index (χ3n) is 7.30. The molecule has 2 aromatic carbocycles. The molecule has 0 unspecified atom stereocenters. The van der Waals surface area contributed by atoms with Crippen molar-refractivity contribution in [2.45, 2.75) is 38.3 Å².